The highest BCUT2D eigenvalue weighted by Crippen LogP contribution is 2.59. The lowest BCUT2D eigenvalue weighted by atomic mass is 10.1. The van der Waals surface area contributed by atoms with Crippen molar-refractivity contribution in [3.63, 3.8) is 0 Å². The van der Waals surface area contributed by atoms with Gasteiger partial charge < -0.3 is 9.84 Å². The maximum absolute atomic E-state index is 14.6. The highest BCUT2D eigenvalue weighted by atomic mass is 31.2. The first kappa shape index (κ1) is 19.4. The van der Waals surface area contributed by atoms with Crippen LogP contribution in [0.3, 0.4) is 0 Å². The fourth-order valence-corrected chi connectivity index (χ4v) is 6.31. The smallest absolute Gasteiger partial charge is 0.258 e. The number of rotatable bonds is 7. The molecule has 0 aliphatic rings. The van der Waals surface area contributed by atoms with Gasteiger partial charge in [-0.3, -0.25) is 4.57 Å². The lowest BCUT2D eigenvalue weighted by Gasteiger charge is -2.30. The predicted molar refractivity (Wildman–Crippen MR) is 122 cm³/mol. The standard InChI is InChI=1S/C25H24NO2P/c1-2-28-29(27,24-19-11-15-20-12-9-10-18-23(20)24)25(21-13-5-3-6-14-21)26-22-16-7-4-8-17-22/h3-19,25-26H,2H2,1H3/t25-,29-/m0/s1. The Morgan fingerprint density at radius 2 is 1.41 bits per heavy atom. The van der Waals surface area contributed by atoms with Crippen LogP contribution in [0.4, 0.5) is 5.69 Å². The van der Waals surface area contributed by atoms with E-state index in [0.717, 1.165) is 27.3 Å². The Labute approximate surface area is 171 Å². The van der Waals surface area contributed by atoms with Gasteiger partial charge in [-0.1, -0.05) is 84.9 Å². The lowest BCUT2D eigenvalue weighted by molar-refractivity contribution is 0.335. The van der Waals surface area contributed by atoms with Crippen LogP contribution < -0.4 is 10.6 Å². The van der Waals surface area contributed by atoms with E-state index >= 15 is 0 Å². The van der Waals surface area contributed by atoms with Crippen LogP contribution >= 0.6 is 7.37 Å². The van der Waals surface area contributed by atoms with Crippen molar-refractivity contribution in [2.24, 2.45) is 0 Å². The Bertz CT molecular complexity index is 1120. The molecule has 4 aromatic rings. The van der Waals surface area contributed by atoms with Crippen LogP contribution in [0, 0.1) is 0 Å². The minimum atomic E-state index is -3.33. The second-order valence-electron chi connectivity index (χ2n) is 6.84. The Hall–Kier alpha value is -2.87. The van der Waals surface area contributed by atoms with E-state index in [-0.39, 0.29) is 0 Å². The van der Waals surface area contributed by atoms with Crippen molar-refractivity contribution in [3.8, 4) is 0 Å². The summed E-state index contributed by atoms with van der Waals surface area (Å²) in [5, 5.41) is 6.25. The molecule has 0 aromatic heterocycles. The van der Waals surface area contributed by atoms with E-state index in [4.69, 9.17) is 4.52 Å². The van der Waals surface area contributed by atoms with Gasteiger partial charge in [-0.15, -0.1) is 0 Å². The van der Waals surface area contributed by atoms with Crippen LogP contribution in [0.25, 0.3) is 10.8 Å². The summed E-state index contributed by atoms with van der Waals surface area (Å²) in [6.07, 6.45) is 0. The SMILES string of the molecule is CCO[P@@](=O)(c1cccc2ccccc12)[C@H](Nc1ccccc1)c1ccccc1. The zero-order valence-corrected chi connectivity index (χ0v) is 17.3. The van der Waals surface area contributed by atoms with Gasteiger partial charge in [-0.2, -0.15) is 0 Å². The summed E-state index contributed by atoms with van der Waals surface area (Å²) >= 11 is 0. The topological polar surface area (TPSA) is 38.3 Å². The van der Waals surface area contributed by atoms with Gasteiger partial charge in [0.1, 0.15) is 5.78 Å². The van der Waals surface area contributed by atoms with E-state index in [1.165, 1.54) is 0 Å². The first-order valence-corrected chi connectivity index (χ1v) is 11.5. The number of anilines is 1. The maximum atomic E-state index is 14.6. The average molecular weight is 401 g/mol. The van der Waals surface area contributed by atoms with Gasteiger partial charge in [0, 0.05) is 11.0 Å². The zero-order chi connectivity index (χ0) is 20.1. The Morgan fingerprint density at radius 1 is 0.793 bits per heavy atom. The summed E-state index contributed by atoms with van der Waals surface area (Å²) in [4.78, 5) is 0. The van der Waals surface area contributed by atoms with Crippen LogP contribution in [0.5, 0.6) is 0 Å². The molecule has 0 spiro atoms. The van der Waals surface area contributed by atoms with E-state index in [1.54, 1.807) is 0 Å². The second-order valence-corrected chi connectivity index (χ2v) is 9.29. The molecule has 4 aromatic carbocycles. The monoisotopic (exact) mass is 401 g/mol. The first-order chi connectivity index (χ1) is 14.2. The first-order valence-electron chi connectivity index (χ1n) is 9.81. The number of fused-ring (bicyclic) bond motifs is 1. The zero-order valence-electron chi connectivity index (χ0n) is 16.4. The van der Waals surface area contributed by atoms with Crippen LogP contribution in [-0.2, 0) is 9.09 Å². The molecule has 0 amide bonds. The average Bonchev–Trinajstić information content (AvgIpc) is 2.78. The molecule has 0 saturated heterocycles. The molecule has 29 heavy (non-hydrogen) atoms. The number of para-hydroxylation sites is 1. The molecule has 0 fully saturated rings. The number of hydrogen-bond donors (Lipinski definition) is 1. The largest absolute Gasteiger partial charge is 0.370 e. The van der Waals surface area contributed by atoms with Crippen LogP contribution in [0.15, 0.2) is 103 Å². The molecule has 0 saturated carbocycles. The van der Waals surface area contributed by atoms with Crippen LogP contribution in [0.2, 0.25) is 0 Å². The Morgan fingerprint density at radius 3 is 2.14 bits per heavy atom. The van der Waals surface area contributed by atoms with Crippen molar-refractivity contribution < 1.29 is 9.09 Å². The Kier molecular flexibility index (Phi) is 5.80. The van der Waals surface area contributed by atoms with Gasteiger partial charge in [-0.25, -0.2) is 0 Å². The fraction of sp³-hybridized carbons (Fsp3) is 0.120. The minimum Gasteiger partial charge on any atom is -0.370 e. The summed E-state index contributed by atoms with van der Waals surface area (Å²) in [5.41, 5.74) is 1.84. The molecule has 0 heterocycles. The normalized spacial score (nSPS) is 14.2. The summed E-state index contributed by atoms with van der Waals surface area (Å²) in [6.45, 7) is 2.25. The van der Waals surface area contributed by atoms with Crippen molar-refractivity contribution in [1.82, 2.24) is 0 Å². The Balaban J connectivity index is 1.91. The van der Waals surface area contributed by atoms with E-state index in [1.807, 2.05) is 110 Å². The van der Waals surface area contributed by atoms with Crippen molar-refractivity contribution in [1.29, 1.82) is 0 Å². The quantitative estimate of drug-likeness (QED) is 0.355. The maximum Gasteiger partial charge on any atom is 0.258 e. The highest BCUT2D eigenvalue weighted by Gasteiger charge is 2.38. The molecule has 0 aliphatic carbocycles. The van der Waals surface area contributed by atoms with Crippen LogP contribution in [-0.4, -0.2) is 6.61 Å². The van der Waals surface area contributed by atoms with E-state index in [9.17, 15) is 4.57 Å². The van der Waals surface area contributed by atoms with Crippen molar-refractivity contribution in [3.05, 3.63) is 109 Å². The van der Waals surface area contributed by atoms with Gasteiger partial charge in [0.2, 0.25) is 0 Å². The van der Waals surface area contributed by atoms with Gasteiger partial charge in [-0.05, 0) is 41.5 Å². The molecule has 4 heteroatoms. The number of nitrogens with one attached hydrogen (secondary N) is 1. The fourth-order valence-electron chi connectivity index (χ4n) is 3.65. The molecule has 146 valence electrons. The minimum absolute atomic E-state index is 0.361. The highest BCUT2D eigenvalue weighted by molar-refractivity contribution is 7.68. The molecule has 4 rings (SSSR count). The molecule has 1 N–H and O–H groups in total. The van der Waals surface area contributed by atoms with E-state index < -0.39 is 13.2 Å². The molecule has 2 atom stereocenters. The summed E-state index contributed by atoms with van der Waals surface area (Å²) in [7, 11) is -3.33. The molecule has 0 unspecified atom stereocenters. The van der Waals surface area contributed by atoms with E-state index in [0.29, 0.717) is 6.61 Å². The lowest BCUT2D eigenvalue weighted by Crippen LogP contribution is -2.21. The van der Waals surface area contributed by atoms with Crippen molar-refractivity contribution in [2.75, 3.05) is 11.9 Å². The third kappa shape index (κ3) is 3.98. The summed E-state index contributed by atoms with van der Waals surface area (Å²) in [5.74, 6) is -0.503. The second kappa shape index (κ2) is 8.65. The van der Waals surface area contributed by atoms with Crippen LogP contribution in [0.1, 0.15) is 18.3 Å². The molecular formula is C25H24NO2P. The summed E-state index contributed by atoms with van der Waals surface area (Å²) in [6, 6.07) is 33.7. The predicted octanol–water partition coefficient (Wildman–Crippen LogP) is 6.59. The van der Waals surface area contributed by atoms with Gasteiger partial charge in [0.15, 0.2) is 0 Å². The number of hydrogen-bond acceptors (Lipinski definition) is 3. The molecule has 3 nitrogen and oxygen atoms in total. The molecule has 0 aliphatic heterocycles. The summed E-state index contributed by atoms with van der Waals surface area (Å²) < 4.78 is 20.8. The van der Waals surface area contributed by atoms with Gasteiger partial charge in [0.25, 0.3) is 7.37 Å². The molecule has 0 radical (unpaired) electrons. The van der Waals surface area contributed by atoms with Crippen molar-refractivity contribution in [2.45, 2.75) is 12.7 Å². The van der Waals surface area contributed by atoms with E-state index in [2.05, 4.69) is 5.32 Å². The van der Waals surface area contributed by atoms with Crippen molar-refractivity contribution >= 4 is 29.1 Å². The third-order valence-corrected chi connectivity index (χ3v) is 7.77. The number of benzene rings is 4. The molecule has 0 bridgehead atoms. The third-order valence-electron chi connectivity index (χ3n) is 4.96. The molecular weight excluding hydrogens is 377 g/mol. The van der Waals surface area contributed by atoms with Gasteiger partial charge >= 0.3 is 0 Å². The van der Waals surface area contributed by atoms with Gasteiger partial charge in [0.05, 0.1) is 6.61 Å².